The summed E-state index contributed by atoms with van der Waals surface area (Å²) in [4.78, 5) is 17.5. The normalized spacial score (nSPS) is 13.3. The monoisotopic (exact) mass is 393 g/mol. The first-order valence-corrected chi connectivity index (χ1v) is 9.01. The summed E-state index contributed by atoms with van der Waals surface area (Å²) in [7, 11) is 0. The minimum Gasteiger partial charge on any atom is -0.298 e. The highest BCUT2D eigenvalue weighted by molar-refractivity contribution is 9.10. The van der Waals surface area contributed by atoms with Crippen LogP contribution in [0.5, 0.6) is 0 Å². The van der Waals surface area contributed by atoms with Gasteiger partial charge in [-0.3, -0.25) is 9.78 Å². The molecule has 0 saturated carbocycles. The topological polar surface area (TPSA) is 30.0 Å². The Morgan fingerprint density at radius 2 is 1.60 bits per heavy atom. The molecule has 0 amide bonds. The summed E-state index contributed by atoms with van der Waals surface area (Å²) in [5.74, 6) is 0.0834. The number of nitrogens with zero attached hydrogens (tertiary/aromatic N) is 1. The maximum atomic E-state index is 13.1. The molecule has 0 aliphatic heterocycles. The van der Waals surface area contributed by atoms with Crippen LogP contribution >= 0.6 is 15.9 Å². The number of halogens is 1. The molecule has 0 spiro atoms. The standard InChI is InChI=1S/C22H20BrNO/c1-15-7-9-18(10-8-15)22(17(3)25,19-5-4-6-21(23)14-19)20-11-12-24-16(2)13-20/h4-14H,1-3H3. The molecule has 25 heavy (non-hydrogen) atoms. The lowest BCUT2D eigenvalue weighted by molar-refractivity contribution is -0.119. The Kier molecular flexibility index (Phi) is 4.87. The van der Waals surface area contributed by atoms with Crippen molar-refractivity contribution in [2.75, 3.05) is 0 Å². The molecule has 3 aromatic rings. The average Bonchev–Trinajstić information content (AvgIpc) is 2.57. The third-order valence-corrected chi connectivity index (χ3v) is 5.09. The van der Waals surface area contributed by atoms with E-state index in [9.17, 15) is 4.79 Å². The maximum absolute atomic E-state index is 13.1. The lowest BCUT2D eigenvalue weighted by Crippen LogP contribution is -2.37. The van der Waals surface area contributed by atoms with Crippen LogP contribution in [-0.2, 0) is 10.2 Å². The van der Waals surface area contributed by atoms with Crippen molar-refractivity contribution in [3.05, 3.63) is 99.3 Å². The highest BCUT2D eigenvalue weighted by Crippen LogP contribution is 2.41. The summed E-state index contributed by atoms with van der Waals surface area (Å²) in [6.45, 7) is 5.66. The molecule has 0 aliphatic carbocycles. The summed E-state index contributed by atoms with van der Waals surface area (Å²) in [5, 5.41) is 0. The Bertz CT molecular complexity index is 870. The molecule has 0 N–H and O–H groups in total. The number of carbonyl (C=O) groups excluding carboxylic acids is 1. The smallest absolute Gasteiger partial charge is 0.149 e. The van der Waals surface area contributed by atoms with Crippen LogP contribution < -0.4 is 0 Å². The molecule has 2 aromatic carbocycles. The molecule has 1 aromatic heterocycles. The van der Waals surface area contributed by atoms with Gasteiger partial charge in [0.2, 0.25) is 0 Å². The van der Waals surface area contributed by atoms with Crippen LogP contribution in [0.25, 0.3) is 0 Å². The minimum atomic E-state index is -0.856. The highest BCUT2D eigenvalue weighted by Gasteiger charge is 2.41. The van der Waals surface area contributed by atoms with Gasteiger partial charge >= 0.3 is 0 Å². The minimum absolute atomic E-state index is 0.0834. The van der Waals surface area contributed by atoms with Gasteiger partial charge in [-0.05, 0) is 61.7 Å². The number of carbonyl (C=O) groups is 1. The predicted octanol–water partition coefficient (Wildman–Crippen LogP) is 5.38. The number of rotatable bonds is 4. The third-order valence-electron chi connectivity index (χ3n) is 4.60. The Balaban J connectivity index is 2.40. The van der Waals surface area contributed by atoms with Gasteiger partial charge in [0.1, 0.15) is 11.2 Å². The second kappa shape index (κ2) is 6.93. The van der Waals surface area contributed by atoms with Gasteiger partial charge in [0.15, 0.2) is 0 Å². The van der Waals surface area contributed by atoms with E-state index < -0.39 is 5.41 Å². The summed E-state index contributed by atoms with van der Waals surface area (Å²) in [6, 6.07) is 20.1. The van der Waals surface area contributed by atoms with Gasteiger partial charge in [-0.2, -0.15) is 0 Å². The summed E-state index contributed by atoms with van der Waals surface area (Å²) < 4.78 is 0.952. The second-order valence-corrected chi connectivity index (χ2v) is 7.28. The van der Waals surface area contributed by atoms with Crippen LogP contribution in [-0.4, -0.2) is 10.8 Å². The predicted molar refractivity (Wildman–Crippen MR) is 105 cm³/mol. The number of ketones is 1. The van der Waals surface area contributed by atoms with Crippen LogP contribution in [0.1, 0.15) is 34.9 Å². The van der Waals surface area contributed by atoms with Gasteiger partial charge in [-0.1, -0.05) is 57.9 Å². The van der Waals surface area contributed by atoms with Crippen molar-refractivity contribution >= 4 is 21.7 Å². The number of benzene rings is 2. The fourth-order valence-corrected chi connectivity index (χ4v) is 3.81. The van der Waals surface area contributed by atoms with E-state index in [1.807, 2.05) is 55.5 Å². The Morgan fingerprint density at radius 3 is 2.20 bits per heavy atom. The van der Waals surface area contributed by atoms with Crippen molar-refractivity contribution in [3.8, 4) is 0 Å². The third kappa shape index (κ3) is 3.16. The van der Waals surface area contributed by atoms with Crippen LogP contribution in [0.3, 0.4) is 0 Å². The molecule has 0 fully saturated rings. The molecule has 3 rings (SSSR count). The van der Waals surface area contributed by atoms with Crippen LogP contribution in [0.2, 0.25) is 0 Å². The van der Waals surface area contributed by atoms with Gasteiger partial charge < -0.3 is 0 Å². The van der Waals surface area contributed by atoms with Crippen molar-refractivity contribution in [1.82, 2.24) is 4.98 Å². The van der Waals surface area contributed by atoms with E-state index in [1.54, 1.807) is 13.1 Å². The van der Waals surface area contributed by atoms with Crippen LogP contribution in [0, 0.1) is 13.8 Å². The fraction of sp³-hybridized carbons (Fsp3) is 0.182. The molecular formula is C22H20BrNO. The summed E-state index contributed by atoms with van der Waals surface area (Å²) >= 11 is 3.55. The van der Waals surface area contributed by atoms with Crippen LogP contribution in [0.4, 0.5) is 0 Å². The van der Waals surface area contributed by atoms with E-state index in [-0.39, 0.29) is 5.78 Å². The van der Waals surface area contributed by atoms with Gasteiger partial charge in [0, 0.05) is 16.4 Å². The molecule has 0 bridgehead atoms. The molecule has 3 heteroatoms. The van der Waals surface area contributed by atoms with Crippen molar-refractivity contribution in [2.45, 2.75) is 26.2 Å². The molecule has 0 saturated heterocycles. The highest BCUT2D eigenvalue weighted by atomic mass is 79.9. The molecule has 1 atom stereocenters. The lowest BCUT2D eigenvalue weighted by atomic mass is 9.67. The van der Waals surface area contributed by atoms with Crippen molar-refractivity contribution in [1.29, 1.82) is 0 Å². The van der Waals surface area contributed by atoms with E-state index >= 15 is 0 Å². The van der Waals surface area contributed by atoms with Crippen molar-refractivity contribution < 1.29 is 4.79 Å². The van der Waals surface area contributed by atoms with E-state index in [0.29, 0.717) is 0 Å². The number of hydrogen-bond donors (Lipinski definition) is 0. The van der Waals surface area contributed by atoms with Gasteiger partial charge in [-0.25, -0.2) is 0 Å². The largest absolute Gasteiger partial charge is 0.298 e. The average molecular weight is 394 g/mol. The number of hydrogen-bond acceptors (Lipinski definition) is 2. The molecule has 126 valence electrons. The Hall–Kier alpha value is -2.26. The maximum Gasteiger partial charge on any atom is 0.149 e. The zero-order valence-electron chi connectivity index (χ0n) is 14.6. The zero-order chi connectivity index (χ0) is 18.0. The zero-order valence-corrected chi connectivity index (χ0v) is 16.2. The molecule has 2 nitrogen and oxygen atoms in total. The molecule has 1 unspecified atom stereocenters. The van der Waals surface area contributed by atoms with E-state index in [1.165, 1.54) is 5.56 Å². The first kappa shape index (κ1) is 17.6. The van der Waals surface area contributed by atoms with E-state index in [2.05, 4.69) is 40.0 Å². The van der Waals surface area contributed by atoms with Gasteiger partial charge in [-0.15, -0.1) is 0 Å². The Labute approximate surface area is 157 Å². The fourth-order valence-electron chi connectivity index (χ4n) is 3.41. The number of pyridine rings is 1. The van der Waals surface area contributed by atoms with E-state index in [4.69, 9.17) is 0 Å². The van der Waals surface area contributed by atoms with Crippen molar-refractivity contribution in [3.63, 3.8) is 0 Å². The van der Waals surface area contributed by atoms with Crippen LogP contribution in [0.15, 0.2) is 71.3 Å². The molecule has 1 heterocycles. The first-order chi connectivity index (χ1) is 11.9. The lowest BCUT2D eigenvalue weighted by Gasteiger charge is -2.33. The summed E-state index contributed by atoms with van der Waals surface area (Å²) in [5.41, 5.74) is 4.06. The molecule has 0 aliphatic rings. The number of aryl methyl sites for hydroxylation is 2. The van der Waals surface area contributed by atoms with Crippen molar-refractivity contribution in [2.24, 2.45) is 0 Å². The quantitative estimate of drug-likeness (QED) is 0.594. The Morgan fingerprint density at radius 1 is 0.920 bits per heavy atom. The number of aromatic nitrogens is 1. The number of Topliss-reactive ketones (excluding diaryl/α,β-unsaturated/α-hetero) is 1. The van der Waals surface area contributed by atoms with Gasteiger partial charge in [0.05, 0.1) is 0 Å². The molecular weight excluding hydrogens is 374 g/mol. The summed E-state index contributed by atoms with van der Waals surface area (Å²) in [6.07, 6.45) is 1.77. The SMILES string of the molecule is CC(=O)C(c1ccc(C)cc1)(c1cccc(Br)c1)c1ccnc(C)c1. The van der Waals surface area contributed by atoms with E-state index in [0.717, 1.165) is 26.9 Å². The second-order valence-electron chi connectivity index (χ2n) is 6.37. The molecule has 0 radical (unpaired) electrons. The van der Waals surface area contributed by atoms with Gasteiger partial charge in [0.25, 0.3) is 0 Å². The first-order valence-electron chi connectivity index (χ1n) is 8.22.